The molecule has 0 saturated carbocycles. The molecule has 0 aliphatic carbocycles. The van der Waals surface area contributed by atoms with Gasteiger partial charge in [-0.05, 0) is 44.5 Å². The maximum atomic E-state index is 10.7. The number of benzene rings is 1. The number of aryl methyl sites for hydroxylation is 1. The monoisotopic (exact) mass is 308 g/mol. The van der Waals surface area contributed by atoms with Crippen LogP contribution in [0, 0.1) is 6.92 Å². The number of amides is 1. The number of carbonyl (C=O) groups is 1. The summed E-state index contributed by atoms with van der Waals surface area (Å²) in [7, 11) is 0. The normalized spacial score (nSPS) is 12.6. The van der Waals surface area contributed by atoms with Crippen molar-refractivity contribution in [3.8, 4) is 0 Å². The molecule has 0 spiro atoms. The maximum absolute atomic E-state index is 10.7. The Hall–Kier alpha value is -2.15. The fourth-order valence-corrected chi connectivity index (χ4v) is 1.78. The maximum Gasteiger partial charge on any atom is 0.404 e. The minimum atomic E-state index is -0.780. The SMILES string of the molecule is Cc1ccc(C(CCC(C)OC(N)=O)=NNC(N)=S)cc1. The summed E-state index contributed by atoms with van der Waals surface area (Å²) in [6, 6.07) is 7.92. The lowest BCUT2D eigenvalue weighted by molar-refractivity contribution is 0.112. The molecular formula is C14H20N4O2S. The fraction of sp³-hybridized carbons (Fsp3) is 0.357. The first kappa shape index (κ1) is 16.9. The van der Waals surface area contributed by atoms with Crippen LogP contribution in [0.3, 0.4) is 0 Å². The van der Waals surface area contributed by atoms with Crippen LogP contribution >= 0.6 is 12.2 Å². The molecule has 6 nitrogen and oxygen atoms in total. The first-order valence-corrected chi connectivity index (χ1v) is 6.94. The standard InChI is InChI=1S/C14H20N4O2S/c1-9-3-6-11(7-4-9)12(17-18-13(15)21)8-5-10(2)20-14(16)19/h3-4,6-7,10H,5,8H2,1-2H3,(H2,16,19)(H3,15,18,21). The molecule has 1 aromatic rings. The van der Waals surface area contributed by atoms with Gasteiger partial charge in [0.15, 0.2) is 5.11 Å². The molecule has 0 aromatic heterocycles. The van der Waals surface area contributed by atoms with E-state index in [0.717, 1.165) is 16.8 Å². The summed E-state index contributed by atoms with van der Waals surface area (Å²) in [5.74, 6) is 0. The molecule has 1 aromatic carbocycles. The second kappa shape index (κ2) is 8.21. The second-order valence-electron chi connectivity index (χ2n) is 4.69. The molecule has 0 heterocycles. The molecule has 0 aliphatic heterocycles. The third-order valence-electron chi connectivity index (χ3n) is 2.79. The van der Waals surface area contributed by atoms with Crippen LogP contribution in [-0.4, -0.2) is 23.0 Å². The van der Waals surface area contributed by atoms with E-state index in [-0.39, 0.29) is 11.2 Å². The number of nitrogens with zero attached hydrogens (tertiary/aromatic N) is 1. The molecule has 0 bridgehead atoms. The molecular weight excluding hydrogens is 288 g/mol. The highest BCUT2D eigenvalue weighted by Gasteiger charge is 2.10. The molecule has 21 heavy (non-hydrogen) atoms. The lowest BCUT2D eigenvalue weighted by Crippen LogP contribution is -2.26. The zero-order valence-corrected chi connectivity index (χ0v) is 12.9. The highest BCUT2D eigenvalue weighted by atomic mass is 32.1. The van der Waals surface area contributed by atoms with Crippen molar-refractivity contribution in [1.29, 1.82) is 0 Å². The average molecular weight is 308 g/mol. The Labute approximate surface area is 129 Å². The highest BCUT2D eigenvalue weighted by Crippen LogP contribution is 2.11. The molecule has 5 N–H and O–H groups in total. The Balaban J connectivity index is 2.78. The van der Waals surface area contributed by atoms with E-state index >= 15 is 0 Å². The molecule has 0 aliphatic rings. The summed E-state index contributed by atoms with van der Waals surface area (Å²) >= 11 is 4.75. The van der Waals surface area contributed by atoms with Gasteiger partial charge in [-0.25, -0.2) is 4.79 Å². The molecule has 1 amide bonds. The number of hydrogen-bond donors (Lipinski definition) is 3. The lowest BCUT2D eigenvalue weighted by Gasteiger charge is -2.13. The van der Waals surface area contributed by atoms with E-state index in [9.17, 15) is 4.79 Å². The van der Waals surface area contributed by atoms with Crippen molar-refractivity contribution in [3.63, 3.8) is 0 Å². The largest absolute Gasteiger partial charge is 0.447 e. The van der Waals surface area contributed by atoms with E-state index in [2.05, 4.69) is 10.5 Å². The summed E-state index contributed by atoms with van der Waals surface area (Å²) in [5, 5.41) is 4.30. The number of hydrogen-bond acceptors (Lipinski definition) is 4. The van der Waals surface area contributed by atoms with Crippen molar-refractivity contribution in [2.24, 2.45) is 16.6 Å². The Morgan fingerprint density at radius 1 is 1.38 bits per heavy atom. The van der Waals surface area contributed by atoms with Gasteiger partial charge in [0.1, 0.15) is 6.10 Å². The van der Waals surface area contributed by atoms with Crippen molar-refractivity contribution in [3.05, 3.63) is 35.4 Å². The third-order valence-corrected chi connectivity index (χ3v) is 2.88. The summed E-state index contributed by atoms with van der Waals surface area (Å²) in [6.45, 7) is 3.79. The lowest BCUT2D eigenvalue weighted by atomic mass is 10.0. The van der Waals surface area contributed by atoms with Gasteiger partial charge in [-0.3, -0.25) is 5.43 Å². The topological polar surface area (TPSA) is 103 Å². The van der Waals surface area contributed by atoms with E-state index in [1.807, 2.05) is 31.2 Å². The van der Waals surface area contributed by atoms with E-state index < -0.39 is 6.09 Å². The van der Waals surface area contributed by atoms with Crippen LogP contribution in [0.4, 0.5) is 4.79 Å². The predicted molar refractivity (Wildman–Crippen MR) is 87.0 cm³/mol. The van der Waals surface area contributed by atoms with Crippen LogP contribution in [0.15, 0.2) is 29.4 Å². The Morgan fingerprint density at radius 2 is 2.00 bits per heavy atom. The van der Waals surface area contributed by atoms with Crippen LogP contribution in [0.5, 0.6) is 0 Å². The zero-order valence-electron chi connectivity index (χ0n) is 12.1. The van der Waals surface area contributed by atoms with Gasteiger partial charge < -0.3 is 16.2 Å². The number of primary amides is 1. The minimum absolute atomic E-state index is 0.0982. The first-order chi connectivity index (χ1) is 9.88. The van der Waals surface area contributed by atoms with Crippen LogP contribution in [0.25, 0.3) is 0 Å². The van der Waals surface area contributed by atoms with Crippen LogP contribution < -0.4 is 16.9 Å². The summed E-state index contributed by atoms with van der Waals surface area (Å²) in [6.07, 6.45) is 0.113. The highest BCUT2D eigenvalue weighted by molar-refractivity contribution is 7.80. The van der Waals surface area contributed by atoms with Gasteiger partial charge >= 0.3 is 6.09 Å². The van der Waals surface area contributed by atoms with Crippen molar-refractivity contribution in [2.75, 3.05) is 0 Å². The molecule has 1 unspecified atom stereocenters. The number of nitrogens with one attached hydrogen (secondary N) is 1. The summed E-state index contributed by atoms with van der Waals surface area (Å²) < 4.78 is 4.89. The molecule has 0 radical (unpaired) electrons. The number of hydrazone groups is 1. The fourth-order valence-electron chi connectivity index (χ4n) is 1.73. The van der Waals surface area contributed by atoms with E-state index in [0.29, 0.717) is 12.8 Å². The number of nitrogens with two attached hydrogens (primary N) is 2. The first-order valence-electron chi connectivity index (χ1n) is 6.53. The summed E-state index contributed by atoms with van der Waals surface area (Å²) in [4.78, 5) is 10.7. The van der Waals surface area contributed by atoms with Crippen molar-refractivity contribution in [1.82, 2.24) is 5.43 Å². The zero-order chi connectivity index (χ0) is 15.8. The molecule has 114 valence electrons. The molecule has 1 rings (SSSR count). The van der Waals surface area contributed by atoms with Crippen molar-refractivity contribution in [2.45, 2.75) is 32.8 Å². The van der Waals surface area contributed by atoms with Gasteiger partial charge in [-0.15, -0.1) is 0 Å². The molecule has 7 heteroatoms. The number of rotatable bonds is 6. The quantitative estimate of drug-likeness (QED) is 0.422. The van der Waals surface area contributed by atoms with E-state index in [4.69, 9.17) is 28.4 Å². The molecule has 1 atom stereocenters. The van der Waals surface area contributed by atoms with Crippen molar-refractivity contribution < 1.29 is 9.53 Å². The number of carbonyl (C=O) groups excluding carboxylic acids is 1. The van der Waals surface area contributed by atoms with Crippen LogP contribution in [0.1, 0.15) is 30.9 Å². The second-order valence-corrected chi connectivity index (χ2v) is 5.13. The Morgan fingerprint density at radius 3 is 2.52 bits per heavy atom. The Bertz CT molecular complexity index is 528. The average Bonchev–Trinajstić information content (AvgIpc) is 2.39. The van der Waals surface area contributed by atoms with Gasteiger partial charge in [-0.2, -0.15) is 5.10 Å². The molecule has 0 saturated heterocycles. The van der Waals surface area contributed by atoms with Crippen LogP contribution in [0.2, 0.25) is 0 Å². The smallest absolute Gasteiger partial charge is 0.404 e. The van der Waals surface area contributed by atoms with Gasteiger partial charge in [0.2, 0.25) is 0 Å². The van der Waals surface area contributed by atoms with Gasteiger partial charge in [-0.1, -0.05) is 29.8 Å². The van der Waals surface area contributed by atoms with Gasteiger partial charge in [0.25, 0.3) is 0 Å². The predicted octanol–water partition coefficient (Wildman–Crippen LogP) is 1.80. The molecule has 0 fully saturated rings. The van der Waals surface area contributed by atoms with Gasteiger partial charge in [0, 0.05) is 0 Å². The third kappa shape index (κ3) is 6.71. The van der Waals surface area contributed by atoms with E-state index in [1.54, 1.807) is 6.92 Å². The van der Waals surface area contributed by atoms with Crippen molar-refractivity contribution >= 4 is 29.1 Å². The number of ether oxygens (including phenoxy) is 1. The minimum Gasteiger partial charge on any atom is -0.447 e. The van der Waals surface area contributed by atoms with E-state index in [1.165, 1.54) is 0 Å². The Kier molecular flexibility index (Phi) is 6.61. The number of thiocarbonyl (C=S) groups is 1. The van der Waals surface area contributed by atoms with Crippen LogP contribution in [-0.2, 0) is 4.74 Å². The summed E-state index contributed by atoms with van der Waals surface area (Å²) in [5.41, 5.74) is 15.9. The van der Waals surface area contributed by atoms with Gasteiger partial charge in [0.05, 0.1) is 5.71 Å².